The van der Waals surface area contributed by atoms with Gasteiger partial charge in [-0.25, -0.2) is 0 Å². The molecule has 0 saturated carbocycles. The second-order valence-electron chi connectivity index (χ2n) is 6.91. The fourth-order valence-corrected chi connectivity index (χ4v) is 3.19. The number of anilines is 1. The predicted molar refractivity (Wildman–Crippen MR) is 114 cm³/mol. The molecule has 3 aromatic carbocycles. The number of amides is 1. The predicted octanol–water partition coefficient (Wildman–Crippen LogP) is 5.65. The van der Waals surface area contributed by atoms with Gasteiger partial charge >= 0.3 is 12.1 Å². The largest absolute Gasteiger partial charge is 0.492 e. The molecule has 0 aromatic heterocycles. The van der Waals surface area contributed by atoms with Crippen LogP contribution in [0.15, 0.2) is 66.7 Å². The lowest BCUT2D eigenvalue weighted by Gasteiger charge is -2.15. The van der Waals surface area contributed by atoms with Crippen LogP contribution in [0.5, 0.6) is 5.75 Å². The normalized spacial score (nSPS) is 11.1. The maximum atomic E-state index is 13.0. The summed E-state index contributed by atoms with van der Waals surface area (Å²) in [6.45, 7) is 2.07. The second-order valence-corrected chi connectivity index (χ2v) is 6.91. The summed E-state index contributed by atoms with van der Waals surface area (Å²) >= 11 is 0. The number of rotatable bonds is 7. The Morgan fingerprint density at radius 1 is 1.00 bits per heavy atom. The third-order valence-corrected chi connectivity index (χ3v) is 4.64. The summed E-state index contributed by atoms with van der Waals surface area (Å²) in [4.78, 5) is 24.0. The molecule has 0 spiro atoms. The van der Waals surface area contributed by atoms with Crippen LogP contribution in [0.3, 0.4) is 0 Å². The number of carbonyl (C=O) groups is 2. The molecule has 3 rings (SSSR count). The summed E-state index contributed by atoms with van der Waals surface area (Å²) in [5.74, 6) is -1.14. The summed E-state index contributed by atoms with van der Waals surface area (Å²) < 4.78 is 44.1. The average molecular weight is 443 g/mol. The van der Waals surface area contributed by atoms with E-state index < -0.39 is 23.6 Å². The van der Waals surface area contributed by atoms with E-state index in [1.807, 2.05) is 0 Å². The fourth-order valence-electron chi connectivity index (χ4n) is 3.19. The van der Waals surface area contributed by atoms with E-state index in [1.165, 1.54) is 12.1 Å². The minimum Gasteiger partial charge on any atom is -0.492 e. The number of carbonyl (C=O) groups excluding carboxylic acids is 1. The van der Waals surface area contributed by atoms with E-state index >= 15 is 0 Å². The van der Waals surface area contributed by atoms with Crippen LogP contribution in [0.25, 0.3) is 11.1 Å². The Morgan fingerprint density at radius 3 is 2.31 bits per heavy atom. The minimum absolute atomic E-state index is 0.189. The van der Waals surface area contributed by atoms with Gasteiger partial charge in [0.1, 0.15) is 5.75 Å². The zero-order valence-corrected chi connectivity index (χ0v) is 17.1. The van der Waals surface area contributed by atoms with Crippen LogP contribution in [0.4, 0.5) is 18.9 Å². The van der Waals surface area contributed by atoms with Crippen molar-refractivity contribution in [3.63, 3.8) is 0 Å². The molecule has 0 aliphatic heterocycles. The average Bonchev–Trinajstić information content (AvgIpc) is 2.75. The Kier molecular flexibility index (Phi) is 6.82. The molecular formula is C24H20F3NO4. The highest BCUT2D eigenvalue weighted by atomic mass is 19.4. The molecule has 0 bridgehead atoms. The van der Waals surface area contributed by atoms with Gasteiger partial charge in [0, 0.05) is 5.56 Å². The molecule has 0 saturated heterocycles. The van der Waals surface area contributed by atoms with Crippen molar-refractivity contribution in [2.75, 3.05) is 11.9 Å². The molecule has 1 amide bonds. The Balaban J connectivity index is 1.90. The Bertz CT molecular complexity index is 1120. The minimum atomic E-state index is -4.45. The zero-order chi connectivity index (χ0) is 23.3. The first kappa shape index (κ1) is 22.9. The number of carboxylic acid groups (broad SMARTS) is 1. The van der Waals surface area contributed by atoms with Crippen molar-refractivity contribution >= 4 is 17.6 Å². The van der Waals surface area contributed by atoms with Crippen LogP contribution in [-0.4, -0.2) is 23.6 Å². The van der Waals surface area contributed by atoms with Crippen molar-refractivity contribution < 1.29 is 32.6 Å². The maximum absolute atomic E-state index is 13.0. The third kappa shape index (κ3) is 5.46. The van der Waals surface area contributed by atoms with Gasteiger partial charge in [-0.2, -0.15) is 13.2 Å². The van der Waals surface area contributed by atoms with Crippen LogP contribution in [0, 0.1) is 0 Å². The standard InChI is InChI=1S/C24H20F3NO4/c1-2-32-21-13-15(14-22(29)30)7-12-20(21)28-23(31)19-6-4-3-5-18(19)16-8-10-17(11-9-16)24(25,26)27/h3-13H,2,14H2,1H3,(H,28,31)(H,29,30). The van der Waals surface area contributed by atoms with Gasteiger partial charge in [-0.1, -0.05) is 36.4 Å². The molecule has 2 N–H and O–H groups in total. The highest BCUT2D eigenvalue weighted by molar-refractivity contribution is 6.09. The molecule has 0 fully saturated rings. The third-order valence-electron chi connectivity index (χ3n) is 4.64. The molecule has 8 heteroatoms. The maximum Gasteiger partial charge on any atom is 0.416 e. The molecule has 32 heavy (non-hydrogen) atoms. The lowest BCUT2D eigenvalue weighted by molar-refractivity contribution is -0.138. The van der Waals surface area contributed by atoms with Gasteiger partial charge in [0.05, 0.1) is 24.3 Å². The van der Waals surface area contributed by atoms with E-state index in [9.17, 15) is 22.8 Å². The second kappa shape index (κ2) is 9.55. The molecule has 5 nitrogen and oxygen atoms in total. The van der Waals surface area contributed by atoms with E-state index in [1.54, 1.807) is 49.4 Å². The van der Waals surface area contributed by atoms with Crippen LogP contribution in [-0.2, 0) is 17.4 Å². The summed E-state index contributed by atoms with van der Waals surface area (Å²) in [6.07, 6.45) is -4.64. The number of hydrogen-bond donors (Lipinski definition) is 2. The SMILES string of the molecule is CCOc1cc(CC(=O)O)ccc1NC(=O)c1ccccc1-c1ccc(C(F)(F)F)cc1. The Hall–Kier alpha value is -3.81. The molecule has 0 unspecified atom stereocenters. The van der Waals surface area contributed by atoms with Crippen molar-refractivity contribution in [1.82, 2.24) is 0 Å². The Labute approximate surface area is 182 Å². The summed E-state index contributed by atoms with van der Waals surface area (Å²) in [5, 5.41) is 11.7. The van der Waals surface area contributed by atoms with E-state index in [0.29, 0.717) is 34.7 Å². The molecule has 0 aliphatic rings. The number of alkyl halides is 3. The number of ether oxygens (including phenoxy) is 1. The molecule has 0 radical (unpaired) electrons. The number of nitrogens with one attached hydrogen (secondary N) is 1. The number of hydrogen-bond acceptors (Lipinski definition) is 3. The lowest BCUT2D eigenvalue weighted by atomic mass is 9.98. The highest BCUT2D eigenvalue weighted by Gasteiger charge is 2.30. The van der Waals surface area contributed by atoms with Crippen LogP contribution < -0.4 is 10.1 Å². The quantitative estimate of drug-likeness (QED) is 0.495. The first-order valence-corrected chi connectivity index (χ1v) is 9.74. The topological polar surface area (TPSA) is 75.6 Å². The van der Waals surface area contributed by atoms with E-state index in [0.717, 1.165) is 12.1 Å². The monoisotopic (exact) mass is 443 g/mol. The molecule has 0 aliphatic carbocycles. The first-order valence-electron chi connectivity index (χ1n) is 9.74. The van der Waals surface area contributed by atoms with Crippen LogP contribution in [0.1, 0.15) is 28.4 Å². The van der Waals surface area contributed by atoms with Gasteiger partial charge in [0.15, 0.2) is 0 Å². The molecule has 0 heterocycles. The van der Waals surface area contributed by atoms with Gasteiger partial charge in [-0.3, -0.25) is 9.59 Å². The van der Waals surface area contributed by atoms with Gasteiger partial charge < -0.3 is 15.2 Å². The highest BCUT2D eigenvalue weighted by Crippen LogP contribution is 2.33. The molecule has 3 aromatic rings. The van der Waals surface area contributed by atoms with Crippen LogP contribution in [0.2, 0.25) is 0 Å². The number of aliphatic carboxylic acids is 1. The number of benzene rings is 3. The van der Waals surface area contributed by atoms with Gasteiger partial charge in [-0.05, 0) is 53.9 Å². The Morgan fingerprint density at radius 2 is 1.69 bits per heavy atom. The smallest absolute Gasteiger partial charge is 0.416 e. The zero-order valence-electron chi connectivity index (χ0n) is 17.1. The molecular weight excluding hydrogens is 423 g/mol. The summed E-state index contributed by atoms with van der Waals surface area (Å²) in [6, 6.07) is 15.8. The van der Waals surface area contributed by atoms with Crippen LogP contribution >= 0.6 is 0 Å². The van der Waals surface area contributed by atoms with E-state index in [2.05, 4.69) is 5.32 Å². The first-order chi connectivity index (χ1) is 15.2. The molecule has 0 atom stereocenters. The van der Waals surface area contributed by atoms with Crippen molar-refractivity contribution in [2.45, 2.75) is 19.5 Å². The van der Waals surface area contributed by atoms with Gasteiger partial charge in [0.2, 0.25) is 0 Å². The summed E-state index contributed by atoms with van der Waals surface area (Å²) in [7, 11) is 0. The van der Waals surface area contributed by atoms with Crippen molar-refractivity contribution in [2.24, 2.45) is 0 Å². The lowest BCUT2D eigenvalue weighted by Crippen LogP contribution is -2.14. The van der Waals surface area contributed by atoms with Crippen molar-refractivity contribution in [3.8, 4) is 16.9 Å². The van der Waals surface area contributed by atoms with Crippen molar-refractivity contribution in [3.05, 3.63) is 83.4 Å². The van der Waals surface area contributed by atoms with Gasteiger partial charge in [0.25, 0.3) is 5.91 Å². The molecule has 166 valence electrons. The van der Waals surface area contributed by atoms with Crippen molar-refractivity contribution in [1.29, 1.82) is 0 Å². The van der Waals surface area contributed by atoms with E-state index in [-0.39, 0.29) is 12.0 Å². The number of halogens is 3. The van der Waals surface area contributed by atoms with E-state index in [4.69, 9.17) is 9.84 Å². The number of carboxylic acids is 1. The summed E-state index contributed by atoms with van der Waals surface area (Å²) in [5.41, 5.74) is 1.30. The van der Waals surface area contributed by atoms with Gasteiger partial charge in [-0.15, -0.1) is 0 Å². The fraction of sp³-hybridized carbons (Fsp3) is 0.167.